The molecule has 2 rings (SSSR count). The topological polar surface area (TPSA) is 25.2 Å². The molecule has 98 valence electrons. The largest absolute Gasteiger partial charge is 0.459 e. The average molecular weight is 286 g/mol. The van der Waals surface area contributed by atoms with Crippen LogP contribution in [0.5, 0.6) is 0 Å². The molecule has 1 N–H and O–H groups in total. The van der Waals surface area contributed by atoms with Crippen molar-refractivity contribution in [3.8, 4) is 0 Å². The summed E-state index contributed by atoms with van der Waals surface area (Å²) in [7, 11) is 0. The van der Waals surface area contributed by atoms with Crippen molar-refractivity contribution in [3.05, 3.63) is 33.5 Å². The Morgan fingerprint density at radius 2 is 1.89 bits per heavy atom. The van der Waals surface area contributed by atoms with Crippen molar-refractivity contribution in [1.29, 1.82) is 0 Å². The SMILES string of the molecule is Cc1c(CNC(C)(C)C)oc2cc(Cl)cc(Cl)c12. The molecule has 18 heavy (non-hydrogen) atoms. The van der Waals surface area contributed by atoms with E-state index in [1.165, 1.54) is 0 Å². The van der Waals surface area contributed by atoms with Gasteiger partial charge in [-0.2, -0.15) is 0 Å². The van der Waals surface area contributed by atoms with Crippen molar-refractivity contribution in [2.45, 2.75) is 39.8 Å². The standard InChI is InChI=1S/C14H17Cl2NO/c1-8-12(7-17-14(2,3)4)18-11-6-9(15)5-10(16)13(8)11/h5-6,17H,7H2,1-4H3. The van der Waals surface area contributed by atoms with E-state index in [0.717, 1.165) is 22.3 Å². The van der Waals surface area contributed by atoms with Crippen LogP contribution in [-0.2, 0) is 6.54 Å². The lowest BCUT2D eigenvalue weighted by Crippen LogP contribution is -2.35. The molecule has 0 atom stereocenters. The minimum absolute atomic E-state index is 0.0485. The third-order valence-corrected chi connectivity index (χ3v) is 3.34. The van der Waals surface area contributed by atoms with E-state index in [4.69, 9.17) is 27.6 Å². The zero-order valence-corrected chi connectivity index (χ0v) is 12.5. The molecule has 0 radical (unpaired) electrons. The Bertz CT molecular complexity index is 581. The number of hydrogen-bond donors (Lipinski definition) is 1. The molecule has 2 nitrogen and oxygen atoms in total. The number of fused-ring (bicyclic) bond motifs is 1. The van der Waals surface area contributed by atoms with Gasteiger partial charge in [0.15, 0.2) is 0 Å². The van der Waals surface area contributed by atoms with Gasteiger partial charge in [0, 0.05) is 27.6 Å². The highest BCUT2D eigenvalue weighted by Gasteiger charge is 2.16. The van der Waals surface area contributed by atoms with Gasteiger partial charge in [0.25, 0.3) is 0 Å². The summed E-state index contributed by atoms with van der Waals surface area (Å²) < 4.78 is 5.82. The van der Waals surface area contributed by atoms with Crippen molar-refractivity contribution in [2.75, 3.05) is 0 Å². The third kappa shape index (κ3) is 2.82. The van der Waals surface area contributed by atoms with Crippen molar-refractivity contribution in [3.63, 3.8) is 0 Å². The molecule has 1 aromatic carbocycles. The molecule has 0 aliphatic rings. The lowest BCUT2D eigenvalue weighted by atomic mass is 10.1. The second-order valence-electron chi connectivity index (χ2n) is 5.51. The number of furan rings is 1. The van der Waals surface area contributed by atoms with Crippen LogP contribution in [-0.4, -0.2) is 5.54 Å². The second kappa shape index (κ2) is 4.76. The molecule has 4 heteroatoms. The summed E-state index contributed by atoms with van der Waals surface area (Å²) in [6.45, 7) is 9.06. The summed E-state index contributed by atoms with van der Waals surface area (Å²) in [6, 6.07) is 3.55. The van der Waals surface area contributed by atoms with E-state index in [-0.39, 0.29) is 5.54 Å². The molecule has 0 unspecified atom stereocenters. The monoisotopic (exact) mass is 285 g/mol. The van der Waals surface area contributed by atoms with Crippen LogP contribution in [0.25, 0.3) is 11.0 Å². The fraction of sp³-hybridized carbons (Fsp3) is 0.429. The first-order chi connectivity index (χ1) is 8.28. The molecular formula is C14H17Cl2NO. The Balaban J connectivity index is 2.42. The van der Waals surface area contributed by atoms with E-state index in [2.05, 4.69) is 26.1 Å². The number of rotatable bonds is 2. The molecule has 2 aromatic rings. The fourth-order valence-corrected chi connectivity index (χ4v) is 2.47. The summed E-state index contributed by atoms with van der Waals surface area (Å²) in [5.41, 5.74) is 1.87. The van der Waals surface area contributed by atoms with Crippen LogP contribution in [0.4, 0.5) is 0 Å². The van der Waals surface area contributed by atoms with E-state index in [1.54, 1.807) is 12.1 Å². The van der Waals surface area contributed by atoms with E-state index in [0.29, 0.717) is 16.6 Å². The minimum Gasteiger partial charge on any atom is -0.459 e. The van der Waals surface area contributed by atoms with Crippen LogP contribution >= 0.6 is 23.2 Å². The Labute approximate surface area is 117 Å². The Morgan fingerprint density at radius 3 is 2.50 bits per heavy atom. The van der Waals surface area contributed by atoms with Gasteiger partial charge in [-0.1, -0.05) is 23.2 Å². The second-order valence-corrected chi connectivity index (χ2v) is 6.36. The maximum Gasteiger partial charge on any atom is 0.137 e. The van der Waals surface area contributed by atoms with Crippen LogP contribution in [0, 0.1) is 6.92 Å². The molecule has 0 aliphatic heterocycles. The molecule has 1 heterocycles. The zero-order valence-electron chi connectivity index (χ0n) is 11.0. The molecule has 0 amide bonds. The summed E-state index contributed by atoms with van der Waals surface area (Å²) in [5, 5.41) is 5.59. The first kappa shape index (κ1) is 13.7. The number of nitrogens with one attached hydrogen (secondary N) is 1. The smallest absolute Gasteiger partial charge is 0.137 e. The molecular weight excluding hydrogens is 269 g/mol. The average Bonchev–Trinajstić information content (AvgIpc) is 2.51. The number of halogens is 2. The van der Waals surface area contributed by atoms with Crippen LogP contribution < -0.4 is 5.32 Å². The summed E-state index contributed by atoms with van der Waals surface area (Å²) in [5.74, 6) is 0.907. The highest BCUT2D eigenvalue weighted by atomic mass is 35.5. The molecule has 0 fully saturated rings. The van der Waals surface area contributed by atoms with Crippen molar-refractivity contribution >= 4 is 34.2 Å². The van der Waals surface area contributed by atoms with Gasteiger partial charge < -0.3 is 9.73 Å². The van der Waals surface area contributed by atoms with Gasteiger partial charge in [-0.3, -0.25) is 0 Å². The maximum absolute atomic E-state index is 6.21. The van der Waals surface area contributed by atoms with E-state index >= 15 is 0 Å². The molecule has 0 bridgehead atoms. The van der Waals surface area contributed by atoms with Gasteiger partial charge >= 0.3 is 0 Å². The van der Waals surface area contributed by atoms with Crippen molar-refractivity contribution in [1.82, 2.24) is 5.32 Å². The lowest BCUT2D eigenvalue weighted by Gasteiger charge is -2.19. The zero-order chi connectivity index (χ0) is 13.5. The molecule has 0 saturated heterocycles. The first-order valence-electron chi connectivity index (χ1n) is 5.90. The van der Waals surface area contributed by atoms with Gasteiger partial charge in [-0.25, -0.2) is 0 Å². The maximum atomic E-state index is 6.21. The van der Waals surface area contributed by atoms with Gasteiger partial charge in [0.05, 0.1) is 11.6 Å². The predicted octanol–water partition coefficient (Wildman–Crippen LogP) is 4.94. The van der Waals surface area contributed by atoms with Crippen LogP contribution in [0.1, 0.15) is 32.1 Å². The molecule has 0 aliphatic carbocycles. The van der Waals surface area contributed by atoms with Gasteiger partial charge in [-0.15, -0.1) is 0 Å². The van der Waals surface area contributed by atoms with Gasteiger partial charge in [0.2, 0.25) is 0 Å². The van der Waals surface area contributed by atoms with E-state index in [9.17, 15) is 0 Å². The Hall–Kier alpha value is -0.700. The van der Waals surface area contributed by atoms with Crippen molar-refractivity contribution in [2.24, 2.45) is 0 Å². The fourth-order valence-electron chi connectivity index (χ4n) is 1.86. The van der Waals surface area contributed by atoms with Gasteiger partial charge in [-0.05, 0) is 33.8 Å². The first-order valence-corrected chi connectivity index (χ1v) is 6.65. The number of hydrogen-bond acceptors (Lipinski definition) is 2. The van der Waals surface area contributed by atoms with Gasteiger partial charge in [0.1, 0.15) is 11.3 Å². The summed E-state index contributed by atoms with van der Waals surface area (Å²) in [4.78, 5) is 0. The Morgan fingerprint density at radius 1 is 1.22 bits per heavy atom. The third-order valence-electron chi connectivity index (χ3n) is 2.82. The minimum atomic E-state index is 0.0485. The van der Waals surface area contributed by atoms with Crippen LogP contribution in [0.3, 0.4) is 0 Å². The van der Waals surface area contributed by atoms with Crippen LogP contribution in [0.15, 0.2) is 16.5 Å². The molecule has 1 aromatic heterocycles. The number of aryl methyl sites for hydroxylation is 1. The van der Waals surface area contributed by atoms with E-state index < -0.39 is 0 Å². The highest BCUT2D eigenvalue weighted by Crippen LogP contribution is 2.34. The molecule has 0 spiro atoms. The van der Waals surface area contributed by atoms with E-state index in [1.807, 2.05) is 6.92 Å². The van der Waals surface area contributed by atoms with Crippen molar-refractivity contribution < 1.29 is 4.42 Å². The highest BCUT2D eigenvalue weighted by molar-refractivity contribution is 6.38. The lowest BCUT2D eigenvalue weighted by molar-refractivity contribution is 0.394. The summed E-state index contributed by atoms with van der Waals surface area (Å²) >= 11 is 12.2. The van der Waals surface area contributed by atoms with Crippen LogP contribution in [0.2, 0.25) is 10.0 Å². The normalized spacial score (nSPS) is 12.3. The number of benzene rings is 1. The quantitative estimate of drug-likeness (QED) is 0.846. The summed E-state index contributed by atoms with van der Waals surface area (Å²) in [6.07, 6.45) is 0. The predicted molar refractivity (Wildman–Crippen MR) is 77.6 cm³/mol. The molecule has 0 saturated carbocycles. The Kier molecular flexibility index (Phi) is 3.63.